The van der Waals surface area contributed by atoms with Crippen LogP contribution in [0, 0.1) is 17.3 Å². The largest absolute Gasteiger partial charge is 0.353 e. The molecule has 1 unspecified atom stereocenters. The summed E-state index contributed by atoms with van der Waals surface area (Å²) in [7, 11) is 0. The number of hydrogen-bond acceptors (Lipinski definition) is 1. The zero-order chi connectivity index (χ0) is 10.9. The first-order valence-corrected chi connectivity index (χ1v) is 5.74. The molecule has 0 spiro atoms. The molecule has 1 N–H and O–H groups in total. The third kappa shape index (κ3) is 1.55. The van der Waals surface area contributed by atoms with Gasteiger partial charge in [-0.25, -0.2) is 0 Å². The van der Waals surface area contributed by atoms with E-state index in [0.29, 0.717) is 24.3 Å². The smallest absolute Gasteiger partial charge is 0.220 e. The van der Waals surface area contributed by atoms with Gasteiger partial charge in [0, 0.05) is 17.9 Å². The molecule has 0 aromatic carbocycles. The Morgan fingerprint density at radius 2 is 1.86 bits per heavy atom. The van der Waals surface area contributed by atoms with E-state index in [0.717, 1.165) is 6.42 Å². The highest BCUT2D eigenvalue weighted by molar-refractivity contribution is 5.80. The maximum absolute atomic E-state index is 11.5. The summed E-state index contributed by atoms with van der Waals surface area (Å²) in [6.45, 7) is 11.1. The molecule has 1 heterocycles. The highest BCUT2D eigenvalue weighted by Gasteiger charge is 2.49. The zero-order valence-electron chi connectivity index (χ0n) is 10.1. The molecule has 1 amide bonds. The molecule has 0 aromatic heterocycles. The van der Waals surface area contributed by atoms with Gasteiger partial charge in [-0.3, -0.25) is 4.79 Å². The van der Waals surface area contributed by atoms with E-state index in [1.165, 1.54) is 0 Å². The van der Waals surface area contributed by atoms with E-state index in [1.54, 1.807) is 0 Å². The van der Waals surface area contributed by atoms with Crippen molar-refractivity contribution in [1.82, 2.24) is 5.32 Å². The van der Waals surface area contributed by atoms with Crippen molar-refractivity contribution in [2.24, 2.45) is 17.3 Å². The minimum atomic E-state index is 0.172. The Kier molecular flexibility index (Phi) is 3.23. The molecule has 2 heteroatoms. The average Bonchev–Trinajstić information content (AvgIpc) is 2.43. The molecule has 1 aliphatic heterocycles. The Labute approximate surface area is 87.5 Å². The van der Waals surface area contributed by atoms with Crippen LogP contribution in [0.1, 0.15) is 47.5 Å². The molecule has 14 heavy (non-hydrogen) atoms. The van der Waals surface area contributed by atoms with Gasteiger partial charge in [0.05, 0.1) is 0 Å². The van der Waals surface area contributed by atoms with E-state index in [9.17, 15) is 4.79 Å². The molecular weight excluding hydrogens is 174 g/mol. The first kappa shape index (κ1) is 11.5. The lowest BCUT2D eigenvalue weighted by molar-refractivity contribution is -0.120. The Morgan fingerprint density at radius 1 is 1.36 bits per heavy atom. The summed E-state index contributed by atoms with van der Waals surface area (Å²) in [6, 6.07) is 0.370. The Bertz CT molecular complexity index is 212. The van der Waals surface area contributed by atoms with Crippen LogP contribution in [0.2, 0.25) is 0 Å². The summed E-state index contributed by atoms with van der Waals surface area (Å²) in [5.41, 5.74) is 0.172. The normalized spacial score (nSPS) is 25.9. The molecular formula is C12H23NO. The predicted octanol–water partition coefficient (Wildman–Crippen LogP) is 2.58. The molecule has 0 aromatic rings. The van der Waals surface area contributed by atoms with Gasteiger partial charge < -0.3 is 5.32 Å². The van der Waals surface area contributed by atoms with E-state index >= 15 is 0 Å². The van der Waals surface area contributed by atoms with E-state index in [4.69, 9.17) is 0 Å². The van der Waals surface area contributed by atoms with Crippen LogP contribution in [-0.2, 0) is 4.79 Å². The van der Waals surface area contributed by atoms with Crippen LogP contribution < -0.4 is 5.32 Å². The van der Waals surface area contributed by atoms with E-state index in [1.807, 2.05) is 0 Å². The Hall–Kier alpha value is -0.530. The number of carbonyl (C=O) groups is 1. The van der Waals surface area contributed by atoms with Crippen molar-refractivity contribution in [3.05, 3.63) is 0 Å². The van der Waals surface area contributed by atoms with Crippen molar-refractivity contribution < 1.29 is 4.79 Å². The summed E-state index contributed by atoms with van der Waals surface area (Å²) < 4.78 is 0. The van der Waals surface area contributed by atoms with Crippen molar-refractivity contribution in [2.75, 3.05) is 0 Å². The second kappa shape index (κ2) is 3.92. The molecule has 1 aliphatic rings. The summed E-state index contributed by atoms with van der Waals surface area (Å²) in [5, 5.41) is 3.12. The fourth-order valence-electron chi connectivity index (χ4n) is 3.14. The highest BCUT2D eigenvalue weighted by atomic mass is 16.2. The second-order valence-corrected chi connectivity index (χ2v) is 5.13. The lowest BCUT2D eigenvalue weighted by atomic mass is 9.63. The van der Waals surface area contributed by atoms with Crippen LogP contribution >= 0.6 is 0 Å². The molecule has 0 bridgehead atoms. The van der Waals surface area contributed by atoms with Gasteiger partial charge in [0.25, 0.3) is 0 Å². The maximum atomic E-state index is 11.5. The fraction of sp³-hybridized carbons (Fsp3) is 0.917. The van der Waals surface area contributed by atoms with Crippen LogP contribution in [0.5, 0.6) is 0 Å². The molecule has 0 radical (unpaired) electrons. The van der Waals surface area contributed by atoms with Crippen molar-refractivity contribution >= 4 is 5.91 Å². The van der Waals surface area contributed by atoms with Crippen LogP contribution in [0.3, 0.4) is 0 Å². The third-order valence-electron chi connectivity index (χ3n) is 4.01. The number of carbonyl (C=O) groups excluding carboxylic acids is 1. The maximum Gasteiger partial charge on any atom is 0.220 e. The first-order chi connectivity index (χ1) is 6.45. The minimum absolute atomic E-state index is 0.172. The van der Waals surface area contributed by atoms with Crippen molar-refractivity contribution in [3.8, 4) is 0 Å². The Morgan fingerprint density at radius 3 is 2.14 bits per heavy atom. The highest BCUT2D eigenvalue weighted by Crippen LogP contribution is 2.46. The zero-order valence-corrected chi connectivity index (χ0v) is 10.1. The lowest BCUT2D eigenvalue weighted by Crippen LogP contribution is -2.44. The van der Waals surface area contributed by atoms with Crippen LogP contribution in [0.15, 0.2) is 0 Å². The molecule has 1 atom stereocenters. The quantitative estimate of drug-likeness (QED) is 0.740. The molecule has 1 fully saturated rings. The van der Waals surface area contributed by atoms with E-state index in [2.05, 4.69) is 39.9 Å². The summed E-state index contributed by atoms with van der Waals surface area (Å²) in [5.74, 6) is 1.36. The van der Waals surface area contributed by atoms with Gasteiger partial charge in [-0.15, -0.1) is 0 Å². The standard InChI is InChI=1S/C12H23NO/c1-6-10-12(8(2)3,9(4)5)7-11(14)13-10/h8-10H,6-7H2,1-5H3,(H,13,14). The Balaban J connectivity index is 3.01. The molecule has 0 saturated carbocycles. The number of rotatable bonds is 3. The molecule has 2 nitrogen and oxygen atoms in total. The van der Waals surface area contributed by atoms with Gasteiger partial charge in [0.1, 0.15) is 0 Å². The van der Waals surface area contributed by atoms with Gasteiger partial charge in [-0.05, 0) is 18.3 Å². The topological polar surface area (TPSA) is 29.1 Å². The monoisotopic (exact) mass is 197 g/mol. The molecule has 0 aliphatic carbocycles. The average molecular weight is 197 g/mol. The van der Waals surface area contributed by atoms with Crippen LogP contribution in [0.25, 0.3) is 0 Å². The van der Waals surface area contributed by atoms with Crippen molar-refractivity contribution in [1.29, 1.82) is 0 Å². The summed E-state index contributed by atoms with van der Waals surface area (Å²) >= 11 is 0. The molecule has 1 rings (SSSR count). The second-order valence-electron chi connectivity index (χ2n) is 5.13. The van der Waals surface area contributed by atoms with Gasteiger partial charge in [-0.2, -0.15) is 0 Å². The first-order valence-electron chi connectivity index (χ1n) is 5.74. The van der Waals surface area contributed by atoms with Crippen molar-refractivity contribution in [2.45, 2.75) is 53.5 Å². The van der Waals surface area contributed by atoms with Gasteiger partial charge in [0.2, 0.25) is 5.91 Å². The SMILES string of the molecule is CCC1NC(=O)CC1(C(C)C)C(C)C. The van der Waals surface area contributed by atoms with Gasteiger partial charge >= 0.3 is 0 Å². The summed E-state index contributed by atoms with van der Waals surface area (Å²) in [6.07, 6.45) is 1.75. The lowest BCUT2D eigenvalue weighted by Gasteiger charge is -2.41. The number of amides is 1. The van der Waals surface area contributed by atoms with Crippen LogP contribution in [0.4, 0.5) is 0 Å². The van der Waals surface area contributed by atoms with Crippen molar-refractivity contribution in [3.63, 3.8) is 0 Å². The third-order valence-corrected chi connectivity index (χ3v) is 4.01. The van der Waals surface area contributed by atoms with E-state index in [-0.39, 0.29) is 11.3 Å². The summed E-state index contributed by atoms with van der Waals surface area (Å²) in [4.78, 5) is 11.5. The molecule has 1 saturated heterocycles. The fourth-order valence-corrected chi connectivity index (χ4v) is 3.14. The van der Waals surface area contributed by atoms with E-state index < -0.39 is 0 Å². The van der Waals surface area contributed by atoms with Gasteiger partial charge in [-0.1, -0.05) is 34.6 Å². The minimum Gasteiger partial charge on any atom is -0.353 e. The number of nitrogens with one attached hydrogen (secondary N) is 1. The van der Waals surface area contributed by atoms with Crippen LogP contribution in [-0.4, -0.2) is 11.9 Å². The van der Waals surface area contributed by atoms with Gasteiger partial charge in [0.15, 0.2) is 0 Å². The predicted molar refractivity (Wildman–Crippen MR) is 58.9 cm³/mol. The molecule has 82 valence electrons. The number of hydrogen-bond donors (Lipinski definition) is 1.